The third kappa shape index (κ3) is 3.21. The summed E-state index contributed by atoms with van der Waals surface area (Å²) in [4.78, 5) is 8.41. The molecule has 24 heavy (non-hydrogen) atoms. The first-order valence-electron chi connectivity index (χ1n) is 7.26. The number of aromatic nitrogens is 2. The fourth-order valence-electron chi connectivity index (χ4n) is 2.27. The minimum atomic E-state index is -0.139. The number of nitrogens with one attached hydrogen (secondary N) is 1. The molecule has 0 aliphatic rings. The maximum Gasteiger partial charge on any atom is 0.163 e. The van der Waals surface area contributed by atoms with Gasteiger partial charge in [-0.1, -0.05) is 12.0 Å². The summed E-state index contributed by atoms with van der Waals surface area (Å²) in [7, 11) is 0. The molecule has 3 N–H and O–H groups in total. The van der Waals surface area contributed by atoms with Gasteiger partial charge in [-0.05, 0) is 24.3 Å². The van der Waals surface area contributed by atoms with Crippen molar-refractivity contribution in [3.05, 3.63) is 48.3 Å². The fourth-order valence-corrected chi connectivity index (χ4v) is 2.27. The molecule has 0 unspecified atom stereocenters. The van der Waals surface area contributed by atoms with Crippen LogP contribution in [0.25, 0.3) is 10.9 Å². The van der Waals surface area contributed by atoms with Crippen molar-refractivity contribution in [3.63, 3.8) is 0 Å². The maximum absolute atomic E-state index is 10.1. The molecule has 6 nitrogen and oxygen atoms in total. The first kappa shape index (κ1) is 15.6. The highest BCUT2D eigenvalue weighted by Crippen LogP contribution is 2.33. The molecule has 3 rings (SSSR count). The molecule has 1 heterocycles. The van der Waals surface area contributed by atoms with Crippen LogP contribution in [0, 0.1) is 12.3 Å². The highest BCUT2D eigenvalue weighted by Gasteiger charge is 2.10. The van der Waals surface area contributed by atoms with Gasteiger partial charge >= 0.3 is 0 Å². The topological polar surface area (TPSA) is 87.5 Å². The van der Waals surface area contributed by atoms with Crippen LogP contribution < -0.4 is 10.1 Å². The summed E-state index contributed by atoms with van der Waals surface area (Å²) in [6.45, 7) is -0.0479. The Morgan fingerprint density at radius 2 is 2.08 bits per heavy atom. The van der Waals surface area contributed by atoms with Crippen molar-refractivity contribution in [2.45, 2.75) is 0 Å². The second kappa shape index (κ2) is 6.86. The van der Waals surface area contributed by atoms with E-state index in [-0.39, 0.29) is 24.7 Å². The van der Waals surface area contributed by atoms with Gasteiger partial charge in [0.1, 0.15) is 18.8 Å². The molecule has 3 aromatic rings. The summed E-state index contributed by atoms with van der Waals surface area (Å²) in [5, 5.41) is 22.7. The lowest BCUT2D eigenvalue weighted by Gasteiger charge is -2.11. The molecule has 1 aromatic heterocycles. The Morgan fingerprint density at radius 3 is 2.88 bits per heavy atom. The molecule has 0 spiro atoms. The van der Waals surface area contributed by atoms with Gasteiger partial charge in [-0.15, -0.1) is 6.42 Å². The van der Waals surface area contributed by atoms with Crippen molar-refractivity contribution in [1.82, 2.24) is 9.97 Å². The Balaban J connectivity index is 1.99. The molecule has 120 valence electrons. The summed E-state index contributed by atoms with van der Waals surface area (Å²) in [6.07, 6.45) is 6.83. The molecule has 6 heteroatoms. The van der Waals surface area contributed by atoms with Crippen LogP contribution in [0.1, 0.15) is 5.56 Å². The third-order valence-electron chi connectivity index (χ3n) is 3.36. The molecule has 0 aliphatic carbocycles. The number of aliphatic hydroxyl groups is 1. The van der Waals surface area contributed by atoms with Crippen LogP contribution in [-0.4, -0.2) is 33.4 Å². The number of hydrogen-bond acceptors (Lipinski definition) is 6. The fraction of sp³-hybridized carbons (Fsp3) is 0.111. The molecule has 0 atom stereocenters. The molecule has 0 aliphatic heterocycles. The maximum atomic E-state index is 10.1. The van der Waals surface area contributed by atoms with E-state index in [1.807, 2.05) is 24.3 Å². The van der Waals surface area contributed by atoms with E-state index in [0.29, 0.717) is 16.7 Å². The summed E-state index contributed by atoms with van der Waals surface area (Å²) in [5.41, 5.74) is 2.14. The van der Waals surface area contributed by atoms with Gasteiger partial charge in [-0.2, -0.15) is 0 Å². The van der Waals surface area contributed by atoms with Crippen molar-refractivity contribution in [1.29, 1.82) is 0 Å². The molecule has 0 fully saturated rings. The zero-order chi connectivity index (χ0) is 16.9. The van der Waals surface area contributed by atoms with Gasteiger partial charge in [-0.25, -0.2) is 9.97 Å². The van der Waals surface area contributed by atoms with Crippen LogP contribution in [0.15, 0.2) is 42.7 Å². The Kier molecular flexibility index (Phi) is 4.45. The molecular weight excluding hydrogens is 306 g/mol. The normalized spacial score (nSPS) is 10.3. The van der Waals surface area contributed by atoms with Gasteiger partial charge in [0.25, 0.3) is 0 Å². The number of aliphatic hydroxyl groups excluding tert-OH is 1. The second-order valence-electron chi connectivity index (χ2n) is 4.98. The van der Waals surface area contributed by atoms with Gasteiger partial charge in [0, 0.05) is 22.7 Å². The zero-order valence-corrected chi connectivity index (χ0v) is 12.7. The summed E-state index contributed by atoms with van der Waals surface area (Å²) in [6, 6.07) is 10.5. The standard InChI is InChI=1S/C18H15N3O3/c1-2-12-4-3-5-13(8-12)21-18-14-9-16(23)17(24-7-6-22)10-15(14)19-11-20-18/h1,3-5,8-11,22-23H,6-7H2,(H,19,20,21). The molecule has 0 bridgehead atoms. The third-order valence-corrected chi connectivity index (χ3v) is 3.36. The number of benzene rings is 2. The SMILES string of the molecule is C#Cc1cccc(Nc2ncnc3cc(OCCO)c(O)cc23)c1. The molecule has 0 amide bonds. The van der Waals surface area contributed by atoms with E-state index in [1.165, 1.54) is 12.4 Å². The van der Waals surface area contributed by atoms with Crippen LogP contribution in [0.4, 0.5) is 11.5 Å². The minimum absolute atomic E-state index is 0.0498. The number of ether oxygens (including phenoxy) is 1. The number of terminal acetylenes is 1. The number of hydrogen-bond donors (Lipinski definition) is 3. The summed E-state index contributed by atoms with van der Waals surface area (Å²) >= 11 is 0. The van der Waals surface area contributed by atoms with Crippen LogP contribution in [0.5, 0.6) is 11.5 Å². The van der Waals surface area contributed by atoms with Crippen molar-refractivity contribution < 1.29 is 14.9 Å². The number of fused-ring (bicyclic) bond motifs is 1. The van der Waals surface area contributed by atoms with E-state index in [0.717, 1.165) is 11.3 Å². The van der Waals surface area contributed by atoms with Crippen molar-refractivity contribution >= 4 is 22.4 Å². The molecule has 0 saturated carbocycles. The molecular formula is C18H15N3O3. The number of aromatic hydroxyl groups is 1. The van der Waals surface area contributed by atoms with Crippen molar-refractivity contribution in [3.8, 4) is 23.8 Å². The monoisotopic (exact) mass is 321 g/mol. The highest BCUT2D eigenvalue weighted by atomic mass is 16.5. The van der Waals surface area contributed by atoms with E-state index in [2.05, 4.69) is 21.2 Å². The number of phenolic OH excluding ortho intramolecular Hbond substituents is 1. The van der Waals surface area contributed by atoms with E-state index < -0.39 is 0 Å². The molecule has 0 radical (unpaired) electrons. The van der Waals surface area contributed by atoms with Crippen LogP contribution in [0.3, 0.4) is 0 Å². The zero-order valence-electron chi connectivity index (χ0n) is 12.7. The lowest BCUT2D eigenvalue weighted by atomic mass is 10.2. The van der Waals surface area contributed by atoms with Crippen LogP contribution >= 0.6 is 0 Å². The Bertz CT molecular complexity index is 919. The first-order valence-corrected chi connectivity index (χ1v) is 7.26. The lowest BCUT2D eigenvalue weighted by molar-refractivity contribution is 0.197. The predicted octanol–water partition coefficient (Wildman–Crippen LogP) is 2.43. The van der Waals surface area contributed by atoms with E-state index in [1.54, 1.807) is 6.07 Å². The van der Waals surface area contributed by atoms with Crippen molar-refractivity contribution in [2.24, 2.45) is 0 Å². The largest absolute Gasteiger partial charge is 0.504 e. The molecule has 0 saturated heterocycles. The Hall–Kier alpha value is -3.30. The van der Waals surface area contributed by atoms with E-state index in [9.17, 15) is 5.11 Å². The Labute approximate surface area is 138 Å². The van der Waals surface area contributed by atoms with Crippen molar-refractivity contribution in [2.75, 3.05) is 18.5 Å². The summed E-state index contributed by atoms with van der Waals surface area (Å²) < 4.78 is 5.28. The average Bonchev–Trinajstić information content (AvgIpc) is 2.61. The van der Waals surface area contributed by atoms with Crippen LogP contribution in [0.2, 0.25) is 0 Å². The van der Waals surface area contributed by atoms with Crippen LogP contribution in [-0.2, 0) is 0 Å². The van der Waals surface area contributed by atoms with Gasteiger partial charge in [0.05, 0.1) is 12.1 Å². The highest BCUT2D eigenvalue weighted by molar-refractivity contribution is 5.93. The Morgan fingerprint density at radius 1 is 1.21 bits per heavy atom. The quantitative estimate of drug-likeness (QED) is 0.626. The first-order chi connectivity index (χ1) is 11.7. The van der Waals surface area contributed by atoms with Gasteiger partial charge < -0.3 is 20.3 Å². The van der Waals surface area contributed by atoms with Gasteiger partial charge in [-0.3, -0.25) is 0 Å². The smallest absolute Gasteiger partial charge is 0.163 e. The average molecular weight is 321 g/mol. The van der Waals surface area contributed by atoms with E-state index >= 15 is 0 Å². The number of rotatable bonds is 5. The number of anilines is 2. The number of phenols is 1. The second-order valence-corrected chi connectivity index (χ2v) is 4.98. The predicted molar refractivity (Wildman–Crippen MR) is 91.4 cm³/mol. The minimum Gasteiger partial charge on any atom is -0.504 e. The van der Waals surface area contributed by atoms with Gasteiger partial charge in [0.15, 0.2) is 11.5 Å². The van der Waals surface area contributed by atoms with E-state index in [4.69, 9.17) is 16.3 Å². The molecule has 2 aromatic carbocycles. The number of nitrogens with zero attached hydrogens (tertiary/aromatic N) is 2. The lowest BCUT2D eigenvalue weighted by Crippen LogP contribution is -2.02. The summed E-state index contributed by atoms with van der Waals surface area (Å²) in [5.74, 6) is 3.33. The van der Waals surface area contributed by atoms with Gasteiger partial charge in [0.2, 0.25) is 0 Å².